The summed E-state index contributed by atoms with van der Waals surface area (Å²) in [5.41, 5.74) is 17.1. The van der Waals surface area contributed by atoms with Crippen LogP contribution in [0.4, 0.5) is 22.7 Å². The molecule has 0 saturated carbocycles. The van der Waals surface area contributed by atoms with E-state index in [4.69, 9.17) is 9.97 Å². The Morgan fingerprint density at radius 3 is 0.821 bits per heavy atom. The number of hydrogen-bond donors (Lipinski definition) is 6. The SMILES string of the molecule is CCC(=O)Nc1cccc(NC(=O)CC)c1-c1c2nc(c(-c3cc(C(C)(C)C)cc(C(C)(C)C)c3)c3ccc([nH]3)c(-c3c(NC(=O)CC)cccc3NC(=O)CC)c3nc(c(-c4cc(C(C)(C)C)cc(C(C)(C)C)c4)c4ccc1[nH]4)C=C3)C=C2. The van der Waals surface area contributed by atoms with Gasteiger partial charge in [0.15, 0.2) is 0 Å². The maximum absolute atomic E-state index is 13.6. The van der Waals surface area contributed by atoms with Crippen molar-refractivity contribution in [2.45, 2.75) is 158 Å². The molecule has 2 aliphatic heterocycles. The van der Waals surface area contributed by atoms with Crippen LogP contribution >= 0.6 is 0 Å². The Bertz CT molecular complexity index is 3630. The van der Waals surface area contributed by atoms with Gasteiger partial charge in [0.25, 0.3) is 0 Å². The van der Waals surface area contributed by atoms with Crippen LogP contribution in [0, 0.1) is 0 Å². The number of anilines is 4. The monoisotopic (exact) mass is 1120 g/mol. The zero-order chi connectivity index (χ0) is 60.8. The highest BCUT2D eigenvalue weighted by Crippen LogP contribution is 2.46. The number of H-pyrrole nitrogens is 2. The average molecular weight is 1120 g/mol. The largest absolute Gasteiger partial charge is 0.354 e. The van der Waals surface area contributed by atoms with E-state index in [-0.39, 0.29) is 71.0 Å². The third-order valence-corrected chi connectivity index (χ3v) is 15.7. The number of amides is 4. The van der Waals surface area contributed by atoms with Crippen LogP contribution in [-0.4, -0.2) is 43.6 Å². The Kier molecular flexibility index (Phi) is 16.6. The third kappa shape index (κ3) is 12.5. The van der Waals surface area contributed by atoms with Crippen LogP contribution in [0.2, 0.25) is 0 Å². The van der Waals surface area contributed by atoms with Crippen molar-refractivity contribution in [1.29, 1.82) is 0 Å². The van der Waals surface area contributed by atoms with Gasteiger partial charge in [-0.25, -0.2) is 9.97 Å². The maximum Gasteiger partial charge on any atom is 0.224 e. The molecule has 3 aromatic heterocycles. The van der Waals surface area contributed by atoms with E-state index in [9.17, 15) is 19.2 Å². The molecule has 0 unspecified atom stereocenters. The molecule has 8 bridgehead atoms. The summed E-state index contributed by atoms with van der Waals surface area (Å²) < 4.78 is 0. The van der Waals surface area contributed by atoms with Gasteiger partial charge in [-0.15, -0.1) is 0 Å². The lowest BCUT2D eigenvalue weighted by atomic mass is 9.78. The van der Waals surface area contributed by atoms with Crippen LogP contribution in [0.3, 0.4) is 0 Å². The van der Waals surface area contributed by atoms with Gasteiger partial charge in [-0.05, 0) is 128 Å². The number of carbonyl (C=O) groups excluding carboxylic acids is 4. The summed E-state index contributed by atoms with van der Waals surface area (Å²) in [6.45, 7) is 34.0. The normalized spacial score (nSPS) is 12.6. The van der Waals surface area contributed by atoms with E-state index in [1.807, 2.05) is 101 Å². The average Bonchev–Trinajstić information content (AvgIpc) is 4.27. The maximum atomic E-state index is 13.6. The first-order valence-electron chi connectivity index (χ1n) is 29.5. The van der Waals surface area contributed by atoms with Crippen molar-refractivity contribution >= 4 is 92.7 Å². The Morgan fingerprint density at radius 2 is 0.583 bits per heavy atom. The number of aromatic nitrogens is 4. The van der Waals surface area contributed by atoms with E-state index in [0.717, 1.165) is 55.5 Å². The Hall–Kier alpha value is -8.64. The molecule has 5 heterocycles. The molecule has 0 radical (unpaired) electrons. The second-order valence-electron chi connectivity index (χ2n) is 26.2. The molecule has 4 amide bonds. The molecule has 2 aliphatic rings. The predicted octanol–water partition coefficient (Wildman–Crippen LogP) is 17.9. The predicted molar refractivity (Wildman–Crippen MR) is 351 cm³/mol. The van der Waals surface area contributed by atoms with Gasteiger partial charge in [0.1, 0.15) is 0 Å². The number of rotatable bonds is 12. The summed E-state index contributed by atoms with van der Waals surface area (Å²) in [7, 11) is 0. The topological polar surface area (TPSA) is 174 Å². The van der Waals surface area contributed by atoms with Gasteiger partial charge in [-0.3, -0.25) is 19.2 Å². The molecule has 84 heavy (non-hydrogen) atoms. The molecule has 12 nitrogen and oxygen atoms in total. The lowest BCUT2D eigenvalue weighted by Crippen LogP contribution is -2.16. The molecule has 6 N–H and O–H groups in total. The van der Waals surface area contributed by atoms with Crippen LogP contribution in [0.1, 0.15) is 181 Å². The fourth-order valence-corrected chi connectivity index (χ4v) is 10.6. The summed E-state index contributed by atoms with van der Waals surface area (Å²) in [5, 5.41) is 12.7. The van der Waals surface area contributed by atoms with Gasteiger partial charge < -0.3 is 31.2 Å². The first-order valence-corrected chi connectivity index (χ1v) is 29.5. The van der Waals surface area contributed by atoms with Crippen molar-refractivity contribution in [2.75, 3.05) is 21.3 Å². The van der Waals surface area contributed by atoms with E-state index in [0.29, 0.717) is 78.8 Å². The highest BCUT2D eigenvalue weighted by molar-refractivity contribution is 6.10. The molecule has 0 spiro atoms. The number of nitrogens with one attached hydrogen (secondary N) is 6. The molecule has 434 valence electrons. The molecule has 0 aliphatic carbocycles. The number of fused-ring (bicyclic) bond motifs is 8. The van der Waals surface area contributed by atoms with Gasteiger partial charge >= 0.3 is 0 Å². The molecule has 4 aromatic carbocycles. The lowest BCUT2D eigenvalue weighted by molar-refractivity contribution is -0.116. The Morgan fingerprint density at radius 1 is 0.345 bits per heavy atom. The van der Waals surface area contributed by atoms with E-state index < -0.39 is 0 Å². The number of carbonyl (C=O) groups is 4. The van der Waals surface area contributed by atoms with E-state index in [2.05, 4.69) is 163 Å². The highest BCUT2D eigenvalue weighted by Gasteiger charge is 2.29. The summed E-state index contributed by atoms with van der Waals surface area (Å²) in [6, 6.07) is 33.0. The van der Waals surface area contributed by atoms with Crippen molar-refractivity contribution in [3.8, 4) is 44.5 Å². The molecule has 7 aromatic rings. The van der Waals surface area contributed by atoms with Crippen molar-refractivity contribution in [3.05, 3.63) is 142 Å². The molecule has 12 heteroatoms. The fourth-order valence-electron chi connectivity index (χ4n) is 10.6. The minimum atomic E-state index is -0.231. The van der Waals surface area contributed by atoms with Crippen LogP contribution in [0.5, 0.6) is 0 Å². The van der Waals surface area contributed by atoms with Gasteiger partial charge in [0, 0.05) is 81.1 Å². The number of nitrogens with zero attached hydrogens (tertiary/aromatic N) is 2. The molecule has 9 rings (SSSR count). The molecule has 0 atom stereocenters. The molecular formula is C72H82N8O4. The van der Waals surface area contributed by atoms with E-state index in [1.54, 1.807) is 0 Å². The van der Waals surface area contributed by atoms with Gasteiger partial charge in [0.2, 0.25) is 23.6 Å². The first kappa shape index (κ1) is 60.0. The van der Waals surface area contributed by atoms with E-state index >= 15 is 0 Å². The van der Waals surface area contributed by atoms with Crippen LogP contribution in [0.15, 0.2) is 97.1 Å². The number of aromatic amines is 2. The van der Waals surface area contributed by atoms with Gasteiger partial charge in [-0.2, -0.15) is 0 Å². The summed E-state index contributed by atoms with van der Waals surface area (Å²) in [6.07, 6.45) is 9.04. The minimum absolute atomic E-state index is 0.188. The fraction of sp³-hybridized carbons (Fsp3) is 0.333. The zero-order valence-electron chi connectivity index (χ0n) is 51.9. The second-order valence-corrected chi connectivity index (χ2v) is 26.2. The standard InChI is InChI=1S/C72H82N8O4/c1-17-59(81)77-47-23-21-24-48(78-60(82)18-2)65(47)67-55-31-27-51(73-55)63(41-35-43(69(5,6)7)39-44(36-41)70(8,9)10)53-29-33-57(75-53)68(66-49(79-61(83)19-3)25-22-26-50(66)80-62(84)20-4)58-34-30-54(76-58)64(52-28-32-56(67)74-52)42-37-45(71(11,12)13)40-46(38-42)72(14,15)16/h21-40,73,76H,17-20H2,1-16H3,(H,77,81)(H,78,82)(H,79,83)(H,80,84). The minimum Gasteiger partial charge on any atom is -0.354 e. The highest BCUT2D eigenvalue weighted by atomic mass is 16.2. The molecular weight excluding hydrogens is 1040 g/mol. The summed E-state index contributed by atoms with van der Waals surface area (Å²) >= 11 is 0. The summed E-state index contributed by atoms with van der Waals surface area (Å²) in [5.74, 6) is -0.750. The molecule has 0 fully saturated rings. The Balaban J connectivity index is 1.58. The van der Waals surface area contributed by atoms with Crippen LogP contribution < -0.4 is 21.3 Å². The van der Waals surface area contributed by atoms with Crippen molar-refractivity contribution in [3.63, 3.8) is 0 Å². The number of hydrogen-bond acceptors (Lipinski definition) is 6. The third-order valence-electron chi connectivity index (χ3n) is 15.7. The van der Waals surface area contributed by atoms with Crippen molar-refractivity contribution < 1.29 is 19.2 Å². The molecule has 0 saturated heterocycles. The zero-order valence-corrected chi connectivity index (χ0v) is 51.9. The summed E-state index contributed by atoms with van der Waals surface area (Å²) in [4.78, 5) is 73.6. The lowest BCUT2D eigenvalue weighted by Gasteiger charge is -2.26. The Labute approximate surface area is 495 Å². The second kappa shape index (κ2) is 23.2. The van der Waals surface area contributed by atoms with Gasteiger partial charge in [0.05, 0.1) is 45.5 Å². The van der Waals surface area contributed by atoms with Crippen LogP contribution in [-0.2, 0) is 40.8 Å². The van der Waals surface area contributed by atoms with E-state index in [1.165, 1.54) is 0 Å². The van der Waals surface area contributed by atoms with Crippen molar-refractivity contribution in [2.24, 2.45) is 0 Å². The van der Waals surface area contributed by atoms with Crippen molar-refractivity contribution in [1.82, 2.24) is 19.9 Å². The first-order chi connectivity index (χ1) is 39.6. The quantitative estimate of drug-likeness (QED) is 0.0710. The van der Waals surface area contributed by atoms with Gasteiger partial charge in [-0.1, -0.05) is 159 Å². The number of benzene rings is 4. The van der Waals surface area contributed by atoms with Crippen LogP contribution in [0.25, 0.3) is 90.9 Å². The smallest absolute Gasteiger partial charge is 0.224 e.